The van der Waals surface area contributed by atoms with Crippen molar-refractivity contribution < 1.29 is 14.6 Å². The summed E-state index contributed by atoms with van der Waals surface area (Å²) in [6, 6.07) is 12.8. The highest BCUT2D eigenvalue weighted by molar-refractivity contribution is 5.85. The second-order valence-electron chi connectivity index (χ2n) is 8.66. The number of carboxylic acid groups (broad SMARTS) is 1. The largest absolute Gasteiger partial charge is 0.492 e. The number of hydrogen-bond acceptors (Lipinski definition) is 2. The molecule has 1 N–H and O–H groups in total. The molecule has 3 heteroatoms. The van der Waals surface area contributed by atoms with E-state index < -0.39 is 5.97 Å². The van der Waals surface area contributed by atoms with Crippen molar-refractivity contribution in [2.75, 3.05) is 6.61 Å². The summed E-state index contributed by atoms with van der Waals surface area (Å²) in [6.45, 7) is 7.50. The van der Waals surface area contributed by atoms with E-state index >= 15 is 0 Å². The van der Waals surface area contributed by atoms with Crippen LogP contribution in [-0.2, 0) is 22.0 Å². The van der Waals surface area contributed by atoms with E-state index in [4.69, 9.17) is 9.84 Å². The molecule has 0 saturated heterocycles. The molecule has 3 nitrogen and oxygen atoms in total. The van der Waals surface area contributed by atoms with Gasteiger partial charge in [-0.05, 0) is 72.1 Å². The fraction of sp³-hybridized carbons (Fsp3) is 0.375. The lowest BCUT2D eigenvalue weighted by molar-refractivity contribution is -0.131. The molecule has 0 saturated carbocycles. The van der Waals surface area contributed by atoms with Crippen LogP contribution in [0, 0.1) is 0 Å². The molecule has 0 amide bonds. The van der Waals surface area contributed by atoms with Crippen LogP contribution in [0.1, 0.15) is 61.4 Å². The maximum Gasteiger partial charge on any atom is 0.328 e. The summed E-state index contributed by atoms with van der Waals surface area (Å²) >= 11 is 0. The van der Waals surface area contributed by atoms with Gasteiger partial charge in [-0.2, -0.15) is 0 Å². The first-order valence-electron chi connectivity index (χ1n) is 9.62. The molecule has 0 spiro atoms. The minimum absolute atomic E-state index is 0.203. The topological polar surface area (TPSA) is 46.5 Å². The van der Waals surface area contributed by atoms with E-state index in [2.05, 4.69) is 45.0 Å². The van der Waals surface area contributed by atoms with E-state index in [9.17, 15) is 4.79 Å². The van der Waals surface area contributed by atoms with E-state index in [0.29, 0.717) is 6.61 Å². The van der Waals surface area contributed by atoms with Crippen LogP contribution in [-0.4, -0.2) is 17.7 Å². The fourth-order valence-corrected chi connectivity index (χ4v) is 4.54. The zero-order valence-electron chi connectivity index (χ0n) is 16.2. The predicted molar refractivity (Wildman–Crippen MR) is 107 cm³/mol. The molecule has 1 heterocycles. The van der Waals surface area contributed by atoms with Gasteiger partial charge in [0.1, 0.15) is 12.4 Å². The van der Waals surface area contributed by atoms with Crippen LogP contribution in [0.2, 0.25) is 0 Å². The Morgan fingerprint density at radius 3 is 2.70 bits per heavy atom. The van der Waals surface area contributed by atoms with Crippen LogP contribution in [0.15, 0.2) is 42.5 Å². The smallest absolute Gasteiger partial charge is 0.328 e. The molecule has 1 aliphatic heterocycles. The molecular weight excluding hydrogens is 336 g/mol. The van der Waals surface area contributed by atoms with Crippen molar-refractivity contribution in [1.82, 2.24) is 0 Å². The molecule has 0 aromatic heterocycles. The molecule has 1 atom stereocenters. The summed E-state index contributed by atoms with van der Waals surface area (Å²) in [7, 11) is 0. The molecule has 2 aromatic rings. The Bertz CT molecular complexity index is 939. The Morgan fingerprint density at radius 2 is 1.93 bits per heavy atom. The monoisotopic (exact) mass is 362 g/mol. The van der Waals surface area contributed by atoms with Crippen LogP contribution in [0.5, 0.6) is 5.75 Å². The normalized spacial score (nSPS) is 22.9. The lowest BCUT2D eigenvalue weighted by atomic mass is 9.69. The van der Waals surface area contributed by atoms with Gasteiger partial charge in [0.25, 0.3) is 0 Å². The average Bonchev–Trinajstić information content (AvgIpc) is 2.97. The van der Waals surface area contributed by atoms with E-state index in [0.717, 1.165) is 23.3 Å². The van der Waals surface area contributed by atoms with Crippen LogP contribution >= 0.6 is 0 Å². The third kappa shape index (κ3) is 3.05. The molecule has 0 radical (unpaired) electrons. The van der Waals surface area contributed by atoms with Gasteiger partial charge in [-0.25, -0.2) is 4.79 Å². The summed E-state index contributed by atoms with van der Waals surface area (Å²) in [6.07, 6.45) is 6.44. The second kappa shape index (κ2) is 6.26. The van der Waals surface area contributed by atoms with Gasteiger partial charge >= 0.3 is 5.97 Å². The number of benzene rings is 2. The minimum atomic E-state index is -0.938. The van der Waals surface area contributed by atoms with Crippen molar-refractivity contribution in [2.24, 2.45) is 0 Å². The van der Waals surface area contributed by atoms with Gasteiger partial charge in [0.15, 0.2) is 0 Å². The molecular formula is C24H26O3. The van der Waals surface area contributed by atoms with Crippen LogP contribution in [0.3, 0.4) is 0 Å². The number of carbonyl (C=O) groups is 1. The zero-order chi connectivity index (χ0) is 19.2. The van der Waals surface area contributed by atoms with Crippen molar-refractivity contribution in [3.05, 3.63) is 70.3 Å². The van der Waals surface area contributed by atoms with E-state index in [1.807, 2.05) is 12.1 Å². The second-order valence-corrected chi connectivity index (χ2v) is 8.66. The number of rotatable bonds is 3. The van der Waals surface area contributed by atoms with Gasteiger partial charge in [0.05, 0.1) is 5.41 Å². The quantitative estimate of drug-likeness (QED) is 0.773. The van der Waals surface area contributed by atoms with Crippen LogP contribution in [0.4, 0.5) is 0 Å². The molecule has 0 bridgehead atoms. The van der Waals surface area contributed by atoms with Crippen LogP contribution < -0.4 is 4.74 Å². The number of aryl methyl sites for hydroxylation is 1. The molecule has 2 aliphatic rings. The van der Waals surface area contributed by atoms with Crippen molar-refractivity contribution >= 4 is 12.0 Å². The SMILES string of the molecule is CC1(C)CCCc2ccc(C3(C)COc4ccc(C=CC(=O)O)cc43)cc21. The lowest BCUT2D eigenvalue weighted by Gasteiger charge is -2.34. The van der Waals surface area contributed by atoms with Gasteiger partial charge in [-0.1, -0.05) is 38.1 Å². The number of ether oxygens (including phenoxy) is 1. The number of fused-ring (bicyclic) bond motifs is 2. The van der Waals surface area contributed by atoms with Gasteiger partial charge in [0.2, 0.25) is 0 Å². The molecule has 27 heavy (non-hydrogen) atoms. The highest BCUT2D eigenvalue weighted by Crippen LogP contribution is 2.46. The maximum atomic E-state index is 10.8. The summed E-state index contributed by atoms with van der Waals surface area (Å²) < 4.78 is 6.00. The Hall–Kier alpha value is -2.55. The fourth-order valence-electron chi connectivity index (χ4n) is 4.54. The third-order valence-corrected chi connectivity index (χ3v) is 6.26. The molecule has 1 unspecified atom stereocenters. The molecule has 1 aliphatic carbocycles. The summed E-state index contributed by atoms with van der Waals surface area (Å²) in [4.78, 5) is 10.8. The first kappa shape index (κ1) is 17.8. The maximum absolute atomic E-state index is 10.8. The number of aliphatic carboxylic acids is 1. The molecule has 0 fully saturated rings. The summed E-state index contributed by atoms with van der Waals surface area (Å²) in [5, 5.41) is 8.90. The Labute approximate surface area is 160 Å². The predicted octanol–water partition coefficient (Wildman–Crippen LogP) is 5.10. The minimum Gasteiger partial charge on any atom is -0.492 e. The van der Waals surface area contributed by atoms with Gasteiger partial charge in [-0.15, -0.1) is 0 Å². The highest BCUT2D eigenvalue weighted by atomic mass is 16.5. The first-order chi connectivity index (χ1) is 12.8. The zero-order valence-corrected chi connectivity index (χ0v) is 16.2. The highest BCUT2D eigenvalue weighted by Gasteiger charge is 2.39. The average molecular weight is 362 g/mol. The Kier molecular flexibility index (Phi) is 4.14. The molecule has 2 aromatic carbocycles. The molecule has 4 rings (SSSR count). The Morgan fingerprint density at radius 1 is 1.11 bits per heavy atom. The summed E-state index contributed by atoms with van der Waals surface area (Å²) in [5.74, 6) is -0.0478. The Balaban J connectivity index is 1.78. The van der Waals surface area contributed by atoms with Gasteiger partial charge in [0, 0.05) is 11.6 Å². The molecule has 140 valence electrons. The van der Waals surface area contributed by atoms with Crippen molar-refractivity contribution in [3.63, 3.8) is 0 Å². The number of hydrogen-bond donors (Lipinski definition) is 1. The number of carboxylic acids is 1. The van der Waals surface area contributed by atoms with E-state index in [1.165, 1.54) is 35.6 Å². The van der Waals surface area contributed by atoms with Crippen molar-refractivity contribution in [1.29, 1.82) is 0 Å². The van der Waals surface area contributed by atoms with Crippen molar-refractivity contribution in [3.8, 4) is 5.75 Å². The van der Waals surface area contributed by atoms with Gasteiger partial charge < -0.3 is 9.84 Å². The van der Waals surface area contributed by atoms with Gasteiger partial charge in [-0.3, -0.25) is 0 Å². The lowest BCUT2D eigenvalue weighted by Crippen LogP contribution is -2.28. The van der Waals surface area contributed by atoms with Crippen molar-refractivity contribution in [2.45, 2.75) is 50.9 Å². The summed E-state index contributed by atoms with van der Waals surface area (Å²) in [5.41, 5.74) is 6.18. The van der Waals surface area contributed by atoms with E-state index in [1.54, 1.807) is 6.08 Å². The van der Waals surface area contributed by atoms with E-state index in [-0.39, 0.29) is 10.8 Å². The third-order valence-electron chi connectivity index (χ3n) is 6.26. The van der Waals surface area contributed by atoms with Crippen LogP contribution in [0.25, 0.3) is 6.08 Å². The first-order valence-corrected chi connectivity index (χ1v) is 9.62. The standard InChI is InChI=1S/C24H26O3/c1-23(2)12-4-5-17-8-9-18(14-19(17)23)24(3)15-27-21-10-6-16(13-20(21)24)7-11-22(25)26/h6-11,13-14H,4-5,12,15H2,1-3H3,(H,25,26).